The summed E-state index contributed by atoms with van der Waals surface area (Å²) in [5.74, 6) is 0. The smallest absolute Gasteiger partial charge is 0.410 e. The number of ether oxygens (including phenoxy) is 1. The zero-order valence-electron chi connectivity index (χ0n) is 14.6. The lowest BCUT2D eigenvalue weighted by Gasteiger charge is -2.41. The molecule has 1 aromatic rings. The van der Waals surface area contributed by atoms with Crippen LogP contribution in [0.15, 0.2) is 18.2 Å². The van der Waals surface area contributed by atoms with E-state index in [0.717, 1.165) is 0 Å². The summed E-state index contributed by atoms with van der Waals surface area (Å²) in [6, 6.07) is 4.40. The molecule has 2 N–H and O–H groups in total. The Kier molecular flexibility index (Phi) is 5.20. The number of hydrogen-bond acceptors (Lipinski definition) is 4. The van der Waals surface area contributed by atoms with Gasteiger partial charge in [0.1, 0.15) is 5.60 Å². The van der Waals surface area contributed by atoms with Crippen LogP contribution >= 0.6 is 0 Å². The molecule has 2 rings (SSSR count). The highest BCUT2D eigenvalue weighted by atomic mass is 19.3. The maximum atomic E-state index is 13.3. The van der Waals surface area contributed by atoms with Crippen molar-refractivity contribution >= 4 is 17.5 Å². The van der Waals surface area contributed by atoms with Crippen molar-refractivity contribution in [3.05, 3.63) is 23.8 Å². The average Bonchev–Trinajstić information content (AvgIpc) is 2.44. The van der Waals surface area contributed by atoms with Crippen molar-refractivity contribution in [1.82, 2.24) is 4.90 Å². The van der Waals surface area contributed by atoms with Gasteiger partial charge in [-0.15, -0.1) is 0 Å². The number of carbonyl (C=O) groups is 1. The number of hydrogen-bond donors (Lipinski definition) is 1. The number of alkyl halides is 2. The number of benzene rings is 1. The van der Waals surface area contributed by atoms with Gasteiger partial charge in [-0.3, -0.25) is 0 Å². The molecule has 1 aliphatic heterocycles. The van der Waals surface area contributed by atoms with E-state index in [4.69, 9.17) is 10.5 Å². The van der Waals surface area contributed by atoms with E-state index < -0.39 is 12.0 Å². The van der Waals surface area contributed by atoms with Gasteiger partial charge >= 0.3 is 6.09 Å². The van der Waals surface area contributed by atoms with Crippen molar-refractivity contribution in [3.63, 3.8) is 0 Å². The van der Waals surface area contributed by atoms with E-state index in [1.54, 1.807) is 17.0 Å². The molecule has 134 valence electrons. The van der Waals surface area contributed by atoms with Crippen LogP contribution in [0, 0.1) is 0 Å². The SMILES string of the molecule is C[C@@H]1CN(c2ccc(N)cc2C(F)F)CCN1C(=O)OC(C)(C)C. The molecule has 0 saturated carbocycles. The van der Waals surface area contributed by atoms with E-state index in [1.807, 2.05) is 32.6 Å². The second kappa shape index (κ2) is 6.83. The van der Waals surface area contributed by atoms with Gasteiger partial charge in [-0.1, -0.05) is 0 Å². The Labute approximate surface area is 141 Å². The van der Waals surface area contributed by atoms with E-state index in [2.05, 4.69) is 0 Å². The molecule has 1 heterocycles. The van der Waals surface area contributed by atoms with Crippen LogP contribution in [0.5, 0.6) is 0 Å². The van der Waals surface area contributed by atoms with Crippen molar-refractivity contribution in [2.75, 3.05) is 30.3 Å². The third-order valence-electron chi connectivity index (χ3n) is 3.88. The number of halogens is 2. The standard InChI is InChI=1S/C17H25F2N3O2/c1-11-10-21(7-8-22(11)16(23)24-17(2,3)4)14-6-5-12(20)9-13(14)15(18)19/h5-6,9,11,15H,7-8,10,20H2,1-4H3/t11-/m1/s1. The lowest BCUT2D eigenvalue weighted by molar-refractivity contribution is 0.0158. The fourth-order valence-electron chi connectivity index (χ4n) is 2.80. The molecule has 1 aromatic carbocycles. The van der Waals surface area contributed by atoms with E-state index in [9.17, 15) is 13.6 Å². The van der Waals surface area contributed by atoms with E-state index in [-0.39, 0.29) is 17.7 Å². The van der Waals surface area contributed by atoms with Crippen LogP contribution in [0.25, 0.3) is 0 Å². The van der Waals surface area contributed by atoms with Crippen LogP contribution in [0.1, 0.15) is 39.7 Å². The number of carbonyl (C=O) groups excluding carboxylic acids is 1. The van der Waals surface area contributed by atoms with E-state index in [1.165, 1.54) is 6.07 Å². The second-order valence-electron chi connectivity index (χ2n) is 7.09. The topological polar surface area (TPSA) is 58.8 Å². The Bertz CT molecular complexity index is 602. The van der Waals surface area contributed by atoms with Gasteiger partial charge in [-0.2, -0.15) is 0 Å². The van der Waals surface area contributed by atoms with Gasteiger partial charge < -0.3 is 20.3 Å². The zero-order valence-corrected chi connectivity index (χ0v) is 14.6. The van der Waals surface area contributed by atoms with Gasteiger partial charge in [0, 0.05) is 42.6 Å². The molecule has 0 spiro atoms. The molecule has 0 radical (unpaired) electrons. The molecule has 1 aliphatic rings. The summed E-state index contributed by atoms with van der Waals surface area (Å²) in [4.78, 5) is 15.7. The summed E-state index contributed by atoms with van der Waals surface area (Å²) in [5, 5.41) is 0. The highest BCUT2D eigenvalue weighted by molar-refractivity contribution is 5.69. The number of nitrogen functional groups attached to an aromatic ring is 1. The van der Waals surface area contributed by atoms with Gasteiger partial charge in [0.2, 0.25) is 0 Å². The Morgan fingerprint density at radius 2 is 2.00 bits per heavy atom. The summed E-state index contributed by atoms with van der Waals surface area (Å²) in [6.45, 7) is 8.67. The first-order chi connectivity index (χ1) is 11.1. The fourth-order valence-corrected chi connectivity index (χ4v) is 2.80. The zero-order chi connectivity index (χ0) is 18.1. The molecular weight excluding hydrogens is 316 g/mol. The number of anilines is 2. The predicted octanol–water partition coefficient (Wildman–Crippen LogP) is 3.65. The third-order valence-corrected chi connectivity index (χ3v) is 3.88. The van der Waals surface area contributed by atoms with Gasteiger partial charge in [0.15, 0.2) is 0 Å². The molecule has 0 aliphatic carbocycles. The van der Waals surface area contributed by atoms with E-state index in [0.29, 0.717) is 31.0 Å². The molecular formula is C17H25F2N3O2. The molecule has 0 bridgehead atoms. The Hall–Kier alpha value is -2.05. The fraction of sp³-hybridized carbons (Fsp3) is 0.588. The number of nitrogens with zero attached hydrogens (tertiary/aromatic N) is 2. The van der Waals surface area contributed by atoms with Crippen molar-refractivity contribution in [1.29, 1.82) is 0 Å². The van der Waals surface area contributed by atoms with Crippen molar-refractivity contribution in [3.8, 4) is 0 Å². The quantitative estimate of drug-likeness (QED) is 0.834. The first-order valence-electron chi connectivity index (χ1n) is 8.00. The maximum absolute atomic E-state index is 13.3. The summed E-state index contributed by atoms with van der Waals surface area (Å²) >= 11 is 0. The predicted molar refractivity (Wildman–Crippen MR) is 90.4 cm³/mol. The minimum atomic E-state index is -2.59. The summed E-state index contributed by atoms with van der Waals surface area (Å²) in [6.07, 6.45) is -2.97. The lowest BCUT2D eigenvalue weighted by Crippen LogP contribution is -2.55. The number of rotatable bonds is 2. The van der Waals surface area contributed by atoms with Crippen molar-refractivity contribution in [2.24, 2.45) is 0 Å². The van der Waals surface area contributed by atoms with Crippen LogP contribution < -0.4 is 10.6 Å². The molecule has 1 saturated heterocycles. The molecule has 7 heteroatoms. The van der Waals surface area contributed by atoms with Crippen molar-refractivity contribution in [2.45, 2.75) is 45.8 Å². The van der Waals surface area contributed by atoms with Crippen LogP contribution in [-0.2, 0) is 4.74 Å². The van der Waals surface area contributed by atoms with E-state index >= 15 is 0 Å². The third kappa shape index (κ3) is 4.27. The number of piperazine rings is 1. The molecule has 5 nitrogen and oxygen atoms in total. The Balaban J connectivity index is 2.12. The Morgan fingerprint density at radius 1 is 1.33 bits per heavy atom. The minimum absolute atomic E-state index is 0.0760. The second-order valence-corrected chi connectivity index (χ2v) is 7.09. The molecule has 0 unspecified atom stereocenters. The largest absolute Gasteiger partial charge is 0.444 e. The van der Waals surface area contributed by atoms with Gasteiger partial charge in [-0.05, 0) is 45.9 Å². The molecule has 0 aromatic heterocycles. The van der Waals surface area contributed by atoms with Crippen LogP contribution in [0.3, 0.4) is 0 Å². The highest BCUT2D eigenvalue weighted by Crippen LogP contribution is 2.33. The Morgan fingerprint density at radius 3 is 2.54 bits per heavy atom. The van der Waals surface area contributed by atoms with Crippen LogP contribution in [-0.4, -0.2) is 42.3 Å². The first-order valence-corrected chi connectivity index (χ1v) is 8.00. The molecule has 1 fully saturated rings. The normalized spacial score (nSPS) is 18.9. The van der Waals surface area contributed by atoms with Gasteiger partial charge in [-0.25, -0.2) is 13.6 Å². The highest BCUT2D eigenvalue weighted by Gasteiger charge is 2.32. The summed E-state index contributed by atoms with van der Waals surface area (Å²) in [5.41, 5.74) is 5.77. The molecule has 24 heavy (non-hydrogen) atoms. The monoisotopic (exact) mass is 341 g/mol. The first kappa shape index (κ1) is 18.3. The van der Waals surface area contributed by atoms with Crippen LogP contribution in [0.2, 0.25) is 0 Å². The molecule has 1 atom stereocenters. The summed E-state index contributed by atoms with van der Waals surface area (Å²) in [7, 11) is 0. The maximum Gasteiger partial charge on any atom is 0.410 e. The lowest BCUT2D eigenvalue weighted by atomic mass is 10.1. The molecule has 1 amide bonds. The van der Waals surface area contributed by atoms with Gasteiger partial charge in [0.05, 0.1) is 0 Å². The summed E-state index contributed by atoms with van der Waals surface area (Å²) < 4.78 is 32.0. The number of nitrogens with two attached hydrogens (primary N) is 1. The van der Waals surface area contributed by atoms with Gasteiger partial charge in [0.25, 0.3) is 6.43 Å². The average molecular weight is 341 g/mol. The number of amides is 1. The van der Waals surface area contributed by atoms with Crippen molar-refractivity contribution < 1.29 is 18.3 Å². The minimum Gasteiger partial charge on any atom is -0.444 e. The van der Waals surface area contributed by atoms with Crippen LogP contribution in [0.4, 0.5) is 25.0 Å².